The van der Waals surface area contributed by atoms with E-state index in [9.17, 15) is 22.8 Å². The van der Waals surface area contributed by atoms with E-state index in [2.05, 4.69) is 24.5 Å². The number of hydrogen-bond acceptors (Lipinski definition) is 6. The van der Waals surface area contributed by atoms with Crippen LogP contribution in [0.5, 0.6) is 0 Å². The van der Waals surface area contributed by atoms with E-state index in [4.69, 9.17) is 5.73 Å². The molecule has 34 heavy (non-hydrogen) atoms. The summed E-state index contributed by atoms with van der Waals surface area (Å²) in [5.41, 5.74) is 6.65. The van der Waals surface area contributed by atoms with E-state index in [0.717, 1.165) is 9.08 Å². The maximum Gasteiger partial charge on any atom is 0.451 e. The predicted molar refractivity (Wildman–Crippen MR) is 113 cm³/mol. The number of fused-ring (bicyclic) bond motifs is 1. The van der Waals surface area contributed by atoms with Crippen LogP contribution in [-0.4, -0.2) is 24.7 Å². The van der Waals surface area contributed by atoms with Gasteiger partial charge in [0.2, 0.25) is 17.0 Å². The van der Waals surface area contributed by atoms with Gasteiger partial charge in [-0.25, -0.2) is 14.9 Å². The number of alkyl halides is 3. The third-order valence-corrected chi connectivity index (χ3v) is 5.14. The Morgan fingerprint density at radius 3 is 2.53 bits per heavy atom. The van der Waals surface area contributed by atoms with Crippen LogP contribution >= 0.6 is 0 Å². The van der Waals surface area contributed by atoms with Crippen molar-refractivity contribution in [3.05, 3.63) is 87.3 Å². The second-order valence-electron chi connectivity index (χ2n) is 7.29. The number of oxazole rings is 1. The van der Waals surface area contributed by atoms with Gasteiger partial charge in [-0.2, -0.15) is 17.9 Å². The summed E-state index contributed by atoms with van der Waals surface area (Å²) >= 11 is 0. The van der Waals surface area contributed by atoms with E-state index in [0.29, 0.717) is 28.8 Å². The van der Waals surface area contributed by atoms with Gasteiger partial charge in [-0.15, -0.1) is 9.38 Å². The lowest BCUT2D eigenvalue weighted by Gasteiger charge is -2.08. The van der Waals surface area contributed by atoms with Crippen LogP contribution in [0.3, 0.4) is 0 Å². The fraction of sp³-hybridized carbons (Fsp3) is 0.0952. The summed E-state index contributed by atoms with van der Waals surface area (Å²) in [5.74, 6) is -1.49. The fourth-order valence-electron chi connectivity index (χ4n) is 3.67. The van der Waals surface area contributed by atoms with Crippen LogP contribution in [0.15, 0.2) is 69.1 Å². The van der Waals surface area contributed by atoms with Crippen LogP contribution in [0.4, 0.5) is 19.1 Å². The molecule has 172 valence electrons. The standard InChI is InChI=1S/C21H14F3N7O3/c22-21(23,24)17-13(27-10-34-17)9-30-20(33)31-18(29-30)15(12-6-7-14(32)26-8-12)16(28-19(31)25)11-4-2-1-3-5-11/h1-8,10H,9H2,(H3,25,26,28,29,32)/p+1. The number of halogens is 3. The van der Waals surface area contributed by atoms with E-state index >= 15 is 0 Å². The number of nitrogens with two attached hydrogens (primary N) is 1. The number of nitrogen functional groups attached to an aromatic ring is 1. The lowest BCUT2D eigenvalue weighted by molar-refractivity contribution is -0.516. The maximum atomic E-state index is 13.2. The molecule has 4 N–H and O–H groups in total. The lowest BCUT2D eigenvalue weighted by atomic mass is 10.0. The summed E-state index contributed by atoms with van der Waals surface area (Å²) in [5, 5.41) is 2.82. The molecule has 0 atom stereocenters. The molecule has 0 saturated heterocycles. The van der Waals surface area contributed by atoms with Gasteiger partial charge in [-0.05, 0) is 6.07 Å². The minimum atomic E-state index is -4.78. The third kappa shape index (κ3) is 3.52. The highest BCUT2D eigenvalue weighted by Crippen LogP contribution is 2.33. The summed E-state index contributed by atoms with van der Waals surface area (Å²) < 4.78 is 46.1. The predicted octanol–water partition coefficient (Wildman–Crippen LogP) is 1.97. The van der Waals surface area contributed by atoms with Gasteiger partial charge in [0.25, 0.3) is 0 Å². The molecule has 5 rings (SSSR count). The first-order chi connectivity index (χ1) is 16.2. The maximum absolute atomic E-state index is 13.2. The normalized spacial score (nSPS) is 11.9. The molecule has 0 aliphatic carbocycles. The van der Waals surface area contributed by atoms with Crippen LogP contribution in [0.2, 0.25) is 0 Å². The highest BCUT2D eigenvalue weighted by atomic mass is 19.4. The van der Waals surface area contributed by atoms with Crippen molar-refractivity contribution in [3.8, 4) is 22.4 Å². The number of nitrogens with one attached hydrogen (secondary N) is 2. The van der Waals surface area contributed by atoms with Crippen LogP contribution in [0.25, 0.3) is 28.0 Å². The van der Waals surface area contributed by atoms with Crippen molar-refractivity contribution >= 4 is 11.6 Å². The molecule has 0 radical (unpaired) electrons. The van der Waals surface area contributed by atoms with Crippen molar-refractivity contribution in [2.75, 3.05) is 5.73 Å². The first-order valence-corrected chi connectivity index (χ1v) is 9.82. The summed E-state index contributed by atoms with van der Waals surface area (Å²) in [6.07, 6.45) is -2.68. The second-order valence-corrected chi connectivity index (χ2v) is 7.29. The molecule has 13 heteroatoms. The SMILES string of the molecule is Nc1nc(-c2ccccc2)c(-c2ccc(=O)[nH]c2)c2[nH]n(Cc3ncoc3C(F)(F)F)c(=O)[n+]12. The molecule has 0 amide bonds. The molecule has 4 aromatic heterocycles. The molecule has 0 spiro atoms. The van der Waals surface area contributed by atoms with Gasteiger partial charge in [0.1, 0.15) is 17.9 Å². The average Bonchev–Trinajstić information content (AvgIpc) is 3.40. The molecular weight excluding hydrogens is 455 g/mol. The van der Waals surface area contributed by atoms with Gasteiger partial charge in [-0.3, -0.25) is 4.79 Å². The van der Waals surface area contributed by atoms with Gasteiger partial charge in [-0.1, -0.05) is 30.3 Å². The van der Waals surface area contributed by atoms with Crippen LogP contribution in [-0.2, 0) is 12.7 Å². The molecule has 0 fully saturated rings. The van der Waals surface area contributed by atoms with Gasteiger partial charge in [0.05, 0.1) is 5.56 Å². The molecule has 1 aromatic carbocycles. The molecular formula is C21H15F3N7O3+. The van der Waals surface area contributed by atoms with Gasteiger partial charge >= 0.3 is 17.8 Å². The monoisotopic (exact) mass is 470 g/mol. The summed E-state index contributed by atoms with van der Waals surface area (Å²) in [6, 6.07) is 11.8. The Morgan fingerprint density at radius 1 is 1.09 bits per heavy atom. The minimum Gasteiger partial charge on any atom is -0.438 e. The van der Waals surface area contributed by atoms with E-state index in [1.165, 1.54) is 18.3 Å². The number of pyridine rings is 1. The Bertz CT molecular complexity index is 1610. The highest BCUT2D eigenvalue weighted by Gasteiger charge is 2.39. The van der Waals surface area contributed by atoms with Crippen molar-refractivity contribution in [2.24, 2.45) is 0 Å². The van der Waals surface area contributed by atoms with Gasteiger partial charge in [0.15, 0.2) is 6.39 Å². The molecule has 5 aromatic rings. The van der Waals surface area contributed by atoms with Gasteiger partial charge in [0, 0.05) is 23.4 Å². The number of aromatic amines is 2. The third-order valence-electron chi connectivity index (χ3n) is 5.14. The van der Waals surface area contributed by atoms with Gasteiger partial charge < -0.3 is 15.1 Å². The zero-order chi connectivity index (χ0) is 24.0. The fourth-order valence-corrected chi connectivity index (χ4v) is 3.67. The number of aromatic nitrogens is 6. The Kier molecular flexibility index (Phi) is 4.81. The molecule has 0 bridgehead atoms. The van der Waals surface area contributed by atoms with Crippen molar-refractivity contribution < 1.29 is 22.0 Å². The summed E-state index contributed by atoms with van der Waals surface area (Å²) in [7, 11) is 0. The van der Waals surface area contributed by atoms with E-state index < -0.39 is 29.9 Å². The van der Waals surface area contributed by atoms with E-state index in [1.807, 2.05) is 6.07 Å². The van der Waals surface area contributed by atoms with Crippen LogP contribution in [0.1, 0.15) is 11.5 Å². The first-order valence-electron chi connectivity index (χ1n) is 9.82. The van der Waals surface area contributed by atoms with E-state index in [1.54, 1.807) is 24.3 Å². The van der Waals surface area contributed by atoms with Crippen LogP contribution in [0, 0.1) is 0 Å². The zero-order valence-electron chi connectivity index (χ0n) is 17.1. The van der Waals surface area contributed by atoms with Crippen molar-refractivity contribution in [1.82, 2.24) is 24.7 Å². The summed E-state index contributed by atoms with van der Waals surface area (Å²) in [4.78, 5) is 35.3. The van der Waals surface area contributed by atoms with Crippen molar-refractivity contribution in [1.29, 1.82) is 0 Å². The number of nitrogens with zero attached hydrogens (tertiary/aromatic N) is 4. The lowest BCUT2D eigenvalue weighted by Crippen LogP contribution is -2.44. The number of H-pyrrole nitrogens is 2. The van der Waals surface area contributed by atoms with E-state index in [-0.39, 0.29) is 17.2 Å². The molecule has 0 aliphatic heterocycles. The zero-order valence-corrected chi connectivity index (χ0v) is 17.1. The quantitative estimate of drug-likeness (QED) is 0.343. The highest BCUT2D eigenvalue weighted by molar-refractivity contribution is 5.88. The Labute approximate surface area is 187 Å². The topological polar surface area (TPSA) is 140 Å². The average molecular weight is 470 g/mol. The number of benzene rings is 1. The Hall–Kier alpha value is -4.68. The van der Waals surface area contributed by atoms with Crippen molar-refractivity contribution in [3.63, 3.8) is 0 Å². The number of anilines is 1. The van der Waals surface area contributed by atoms with Crippen LogP contribution < -0.4 is 21.4 Å². The first kappa shape index (κ1) is 21.2. The Balaban J connectivity index is 1.78. The molecule has 0 aliphatic rings. The molecule has 10 nitrogen and oxygen atoms in total. The molecule has 0 saturated carbocycles. The molecule has 0 unspecified atom stereocenters. The smallest absolute Gasteiger partial charge is 0.438 e. The summed E-state index contributed by atoms with van der Waals surface area (Å²) in [6.45, 7) is -0.559. The Morgan fingerprint density at radius 2 is 1.85 bits per heavy atom. The number of hydrogen-bond donors (Lipinski definition) is 3. The number of rotatable bonds is 4. The largest absolute Gasteiger partial charge is 0.451 e. The van der Waals surface area contributed by atoms with Crippen molar-refractivity contribution in [2.45, 2.75) is 12.7 Å². The minimum absolute atomic E-state index is 0.167. The second kappa shape index (κ2) is 7.72. The molecule has 4 heterocycles.